The largest absolute Gasteiger partial charge is 0.493 e. The summed E-state index contributed by atoms with van der Waals surface area (Å²) < 4.78 is 16.3. The van der Waals surface area contributed by atoms with Crippen molar-refractivity contribution in [1.82, 2.24) is 10.6 Å². The van der Waals surface area contributed by atoms with Crippen LogP contribution in [0.1, 0.15) is 44.2 Å². The lowest BCUT2D eigenvalue weighted by Crippen LogP contribution is -2.37. The Kier molecular flexibility index (Phi) is 13.2. The first-order valence-corrected chi connectivity index (χ1v) is 10.0. The smallest absolute Gasteiger partial charge is 0.191 e. The third-order valence-electron chi connectivity index (χ3n) is 3.88. The van der Waals surface area contributed by atoms with Crippen LogP contribution in [0.2, 0.25) is 0 Å². The molecule has 0 atom stereocenters. The number of rotatable bonds is 14. The van der Waals surface area contributed by atoms with Crippen LogP contribution >= 0.6 is 0 Å². The van der Waals surface area contributed by atoms with Crippen molar-refractivity contribution in [3.63, 3.8) is 0 Å². The summed E-state index contributed by atoms with van der Waals surface area (Å²) in [6, 6.07) is 6.29. The average molecular weight is 380 g/mol. The quantitative estimate of drug-likeness (QED) is 0.295. The normalized spacial score (nSPS) is 11.5. The Morgan fingerprint density at radius 2 is 1.89 bits per heavy atom. The Hall–Kier alpha value is -1.79. The number of unbranched alkanes of at least 4 members (excludes halogenated alkanes) is 1. The average Bonchev–Trinajstić information content (AvgIpc) is 2.67. The molecule has 0 aliphatic rings. The first-order valence-electron chi connectivity index (χ1n) is 10.0. The van der Waals surface area contributed by atoms with Crippen molar-refractivity contribution in [2.45, 2.75) is 46.6 Å². The molecule has 0 aliphatic heterocycles. The van der Waals surface area contributed by atoms with E-state index in [1.165, 1.54) is 5.56 Å². The van der Waals surface area contributed by atoms with E-state index in [9.17, 15) is 0 Å². The van der Waals surface area contributed by atoms with Crippen LogP contribution in [0, 0.1) is 6.92 Å². The van der Waals surface area contributed by atoms with Gasteiger partial charge in [-0.2, -0.15) is 0 Å². The minimum atomic E-state index is 0.592. The van der Waals surface area contributed by atoms with Gasteiger partial charge in [-0.25, -0.2) is 4.99 Å². The summed E-state index contributed by atoms with van der Waals surface area (Å²) in [4.78, 5) is 4.71. The van der Waals surface area contributed by atoms with E-state index in [0.717, 1.165) is 62.8 Å². The van der Waals surface area contributed by atoms with Crippen molar-refractivity contribution < 1.29 is 14.2 Å². The summed E-state index contributed by atoms with van der Waals surface area (Å²) in [5.74, 6) is 1.77. The van der Waals surface area contributed by atoms with Gasteiger partial charge in [0.2, 0.25) is 0 Å². The summed E-state index contributed by atoms with van der Waals surface area (Å²) >= 11 is 0. The fraction of sp³-hybridized carbons (Fsp3) is 0.667. The first kappa shape index (κ1) is 23.2. The molecule has 0 saturated carbocycles. The van der Waals surface area contributed by atoms with Crippen LogP contribution in [-0.4, -0.2) is 52.6 Å². The van der Waals surface area contributed by atoms with Crippen molar-refractivity contribution in [3.05, 3.63) is 29.3 Å². The molecule has 2 N–H and O–H groups in total. The van der Waals surface area contributed by atoms with Gasteiger partial charge < -0.3 is 24.8 Å². The maximum atomic E-state index is 5.88. The summed E-state index contributed by atoms with van der Waals surface area (Å²) in [5, 5.41) is 6.68. The third kappa shape index (κ3) is 10.8. The van der Waals surface area contributed by atoms with Crippen molar-refractivity contribution in [2.75, 3.05) is 46.6 Å². The Morgan fingerprint density at radius 1 is 1.04 bits per heavy atom. The fourth-order valence-corrected chi connectivity index (χ4v) is 2.42. The zero-order valence-electron chi connectivity index (χ0n) is 17.5. The molecule has 6 heteroatoms. The van der Waals surface area contributed by atoms with Crippen molar-refractivity contribution in [2.24, 2.45) is 4.99 Å². The fourth-order valence-electron chi connectivity index (χ4n) is 2.42. The molecule has 1 rings (SSSR count). The number of aryl methyl sites for hydroxylation is 1. The second kappa shape index (κ2) is 15.3. The van der Waals surface area contributed by atoms with Crippen LogP contribution < -0.4 is 15.4 Å². The zero-order valence-corrected chi connectivity index (χ0v) is 17.5. The van der Waals surface area contributed by atoms with Crippen LogP contribution in [0.3, 0.4) is 0 Å². The van der Waals surface area contributed by atoms with Crippen LogP contribution in [0.15, 0.2) is 23.2 Å². The number of methoxy groups -OCH3 is 1. The number of benzene rings is 1. The molecule has 0 aliphatic carbocycles. The summed E-state index contributed by atoms with van der Waals surface area (Å²) in [5.41, 5.74) is 2.31. The second-order valence-electron chi connectivity index (χ2n) is 6.39. The summed E-state index contributed by atoms with van der Waals surface area (Å²) in [7, 11) is 1.68. The van der Waals surface area contributed by atoms with E-state index in [0.29, 0.717) is 19.8 Å². The number of hydrogen-bond donors (Lipinski definition) is 2. The van der Waals surface area contributed by atoms with Crippen LogP contribution in [0.25, 0.3) is 0 Å². The maximum absolute atomic E-state index is 5.88. The maximum Gasteiger partial charge on any atom is 0.191 e. The molecule has 0 saturated heterocycles. The number of nitrogens with one attached hydrogen (secondary N) is 2. The van der Waals surface area contributed by atoms with Gasteiger partial charge in [-0.15, -0.1) is 0 Å². The highest BCUT2D eigenvalue weighted by atomic mass is 16.5. The Bertz CT molecular complexity index is 535. The second-order valence-corrected chi connectivity index (χ2v) is 6.39. The van der Waals surface area contributed by atoms with Crippen molar-refractivity contribution in [3.8, 4) is 5.75 Å². The molecule has 1 aromatic rings. The van der Waals surface area contributed by atoms with E-state index in [2.05, 4.69) is 49.6 Å². The van der Waals surface area contributed by atoms with Crippen molar-refractivity contribution >= 4 is 5.96 Å². The first-order chi connectivity index (χ1) is 13.2. The molecule has 0 spiro atoms. The molecule has 0 bridgehead atoms. The Morgan fingerprint density at radius 3 is 2.63 bits per heavy atom. The predicted octanol–water partition coefficient (Wildman–Crippen LogP) is 3.28. The van der Waals surface area contributed by atoms with Crippen LogP contribution in [0.4, 0.5) is 0 Å². The molecular weight excluding hydrogens is 342 g/mol. The standard InChI is InChI=1S/C21H37N3O3/c1-5-12-27-20-16-18(3)9-10-19(20)17-24-21(22-6-2)23-11-7-8-13-26-15-14-25-4/h9-10,16H,5-8,11-15,17H2,1-4H3,(H2,22,23,24). The van der Waals surface area contributed by atoms with Crippen LogP contribution in [0.5, 0.6) is 5.75 Å². The van der Waals surface area contributed by atoms with Gasteiger partial charge in [0, 0.05) is 32.4 Å². The summed E-state index contributed by atoms with van der Waals surface area (Å²) in [6.45, 7) is 11.4. The predicted molar refractivity (Wildman–Crippen MR) is 112 cm³/mol. The number of guanidine groups is 1. The molecule has 0 fully saturated rings. The molecule has 0 amide bonds. The molecule has 0 radical (unpaired) electrons. The topological polar surface area (TPSA) is 64.1 Å². The van der Waals surface area contributed by atoms with E-state index in [4.69, 9.17) is 19.2 Å². The highest BCUT2D eigenvalue weighted by Gasteiger charge is 2.05. The van der Waals surface area contributed by atoms with Gasteiger partial charge in [0.05, 0.1) is 26.4 Å². The lowest BCUT2D eigenvalue weighted by molar-refractivity contribution is 0.0689. The lowest BCUT2D eigenvalue weighted by atomic mass is 10.1. The SMILES string of the molecule is CCCOc1cc(C)ccc1CN=C(NCC)NCCCCOCCOC. The Balaban J connectivity index is 2.46. The molecular formula is C21H37N3O3. The molecule has 154 valence electrons. The summed E-state index contributed by atoms with van der Waals surface area (Å²) in [6.07, 6.45) is 3.05. The van der Waals surface area contributed by atoms with Gasteiger partial charge in [-0.1, -0.05) is 19.1 Å². The molecule has 0 unspecified atom stereocenters. The monoisotopic (exact) mass is 379 g/mol. The van der Waals surface area contributed by atoms with E-state index in [-0.39, 0.29) is 0 Å². The molecule has 1 aromatic carbocycles. The van der Waals surface area contributed by atoms with Gasteiger partial charge in [-0.05, 0) is 44.7 Å². The van der Waals surface area contributed by atoms with E-state index < -0.39 is 0 Å². The molecule has 6 nitrogen and oxygen atoms in total. The Labute approximate surface area is 164 Å². The lowest BCUT2D eigenvalue weighted by Gasteiger charge is -2.13. The van der Waals surface area contributed by atoms with E-state index >= 15 is 0 Å². The van der Waals surface area contributed by atoms with E-state index in [1.54, 1.807) is 7.11 Å². The number of hydrogen-bond acceptors (Lipinski definition) is 4. The van der Waals surface area contributed by atoms with Crippen LogP contribution in [-0.2, 0) is 16.0 Å². The third-order valence-corrected chi connectivity index (χ3v) is 3.88. The number of aliphatic imine (C=N–C) groups is 1. The zero-order chi connectivity index (χ0) is 19.7. The molecule has 0 heterocycles. The number of ether oxygens (including phenoxy) is 3. The van der Waals surface area contributed by atoms with Gasteiger partial charge in [0.15, 0.2) is 5.96 Å². The minimum absolute atomic E-state index is 0.592. The van der Waals surface area contributed by atoms with Gasteiger partial charge >= 0.3 is 0 Å². The highest BCUT2D eigenvalue weighted by Crippen LogP contribution is 2.21. The molecule has 27 heavy (non-hydrogen) atoms. The highest BCUT2D eigenvalue weighted by molar-refractivity contribution is 5.79. The molecule has 0 aromatic heterocycles. The number of nitrogens with zero attached hydrogens (tertiary/aromatic N) is 1. The van der Waals surface area contributed by atoms with Gasteiger partial charge in [0.1, 0.15) is 5.75 Å². The van der Waals surface area contributed by atoms with Gasteiger partial charge in [-0.3, -0.25) is 0 Å². The van der Waals surface area contributed by atoms with Gasteiger partial charge in [0.25, 0.3) is 0 Å². The minimum Gasteiger partial charge on any atom is -0.493 e. The van der Waals surface area contributed by atoms with Crippen molar-refractivity contribution in [1.29, 1.82) is 0 Å². The van der Waals surface area contributed by atoms with E-state index in [1.807, 2.05) is 0 Å².